The lowest BCUT2D eigenvalue weighted by Crippen LogP contribution is -2.45. The zero-order valence-electron chi connectivity index (χ0n) is 12.6. The summed E-state index contributed by atoms with van der Waals surface area (Å²) >= 11 is 6.46. The number of aliphatic imine (C=N–C) groups is 1. The highest BCUT2D eigenvalue weighted by Crippen LogP contribution is 2.36. The fourth-order valence-electron chi connectivity index (χ4n) is 3.20. The molecule has 0 amide bonds. The zero-order valence-corrected chi connectivity index (χ0v) is 13.3. The summed E-state index contributed by atoms with van der Waals surface area (Å²) in [7, 11) is 0. The minimum absolute atomic E-state index is 0.0658. The first kappa shape index (κ1) is 16.7. The molecule has 0 radical (unpaired) electrons. The van der Waals surface area contributed by atoms with Crippen molar-refractivity contribution < 1.29 is 13.2 Å². The van der Waals surface area contributed by atoms with E-state index < -0.39 is 11.7 Å². The van der Waals surface area contributed by atoms with Gasteiger partial charge >= 0.3 is 6.18 Å². The van der Waals surface area contributed by atoms with Gasteiger partial charge in [-0.1, -0.05) is 18.2 Å². The van der Waals surface area contributed by atoms with Crippen LogP contribution in [-0.4, -0.2) is 42.4 Å². The summed E-state index contributed by atoms with van der Waals surface area (Å²) in [6.45, 7) is 2.28. The smallest absolute Gasteiger partial charge is 0.290 e. The van der Waals surface area contributed by atoms with Gasteiger partial charge in [0, 0.05) is 25.8 Å². The number of nitrogens with one attached hydrogen (secondary N) is 1. The Hall–Kier alpha value is -1.11. The van der Waals surface area contributed by atoms with E-state index in [1.165, 1.54) is 12.1 Å². The van der Waals surface area contributed by atoms with Gasteiger partial charge in [0.1, 0.15) is 6.17 Å². The van der Waals surface area contributed by atoms with Crippen LogP contribution in [0.3, 0.4) is 0 Å². The molecular weight excluding hydrogens is 327 g/mol. The second-order valence-corrected chi connectivity index (χ2v) is 6.53. The van der Waals surface area contributed by atoms with Crippen LogP contribution in [0.4, 0.5) is 13.2 Å². The Balaban J connectivity index is 1.64. The van der Waals surface area contributed by atoms with E-state index in [0.717, 1.165) is 37.7 Å². The number of alkyl halides is 4. The maximum atomic E-state index is 12.8. The highest BCUT2D eigenvalue weighted by atomic mass is 35.5. The molecule has 2 aliphatic rings. The first-order chi connectivity index (χ1) is 10.9. The van der Waals surface area contributed by atoms with Crippen LogP contribution >= 0.6 is 11.6 Å². The van der Waals surface area contributed by atoms with Gasteiger partial charge < -0.3 is 0 Å². The van der Waals surface area contributed by atoms with Gasteiger partial charge in [-0.15, -0.1) is 11.6 Å². The van der Waals surface area contributed by atoms with E-state index >= 15 is 0 Å². The van der Waals surface area contributed by atoms with Crippen molar-refractivity contribution in [1.82, 2.24) is 10.2 Å². The molecule has 0 bridgehead atoms. The molecule has 0 aromatic heterocycles. The molecule has 7 heteroatoms. The molecule has 1 fully saturated rings. The molecule has 3 unspecified atom stereocenters. The van der Waals surface area contributed by atoms with Crippen molar-refractivity contribution in [3.8, 4) is 0 Å². The molecule has 1 N–H and O–H groups in total. The van der Waals surface area contributed by atoms with Crippen molar-refractivity contribution in [2.75, 3.05) is 19.6 Å². The number of piperidine rings is 1. The summed E-state index contributed by atoms with van der Waals surface area (Å²) in [6, 6.07) is 5.61. The van der Waals surface area contributed by atoms with Gasteiger partial charge in [0.2, 0.25) is 0 Å². The number of halogens is 4. The monoisotopic (exact) mass is 345 g/mol. The van der Waals surface area contributed by atoms with E-state index in [1.807, 2.05) is 6.21 Å². The van der Waals surface area contributed by atoms with Gasteiger partial charge in [-0.05, 0) is 30.4 Å². The molecule has 2 aliphatic heterocycles. The van der Waals surface area contributed by atoms with E-state index in [2.05, 4.69) is 15.2 Å². The number of nitrogens with zero attached hydrogens (tertiary/aromatic N) is 2. The highest BCUT2D eigenvalue weighted by molar-refractivity contribution is 6.20. The van der Waals surface area contributed by atoms with Crippen molar-refractivity contribution in [3.63, 3.8) is 0 Å². The molecule has 2 heterocycles. The lowest BCUT2D eigenvalue weighted by atomic mass is 9.88. The van der Waals surface area contributed by atoms with Crippen molar-refractivity contribution in [2.24, 2.45) is 4.99 Å². The normalized spacial score (nSPS) is 29.1. The van der Waals surface area contributed by atoms with Crippen LogP contribution in [0.5, 0.6) is 0 Å². The van der Waals surface area contributed by atoms with E-state index in [9.17, 15) is 13.2 Å². The third-order valence-corrected chi connectivity index (χ3v) is 4.92. The van der Waals surface area contributed by atoms with E-state index in [4.69, 9.17) is 11.6 Å². The van der Waals surface area contributed by atoms with Crippen LogP contribution in [0, 0.1) is 0 Å². The molecule has 3 nitrogen and oxygen atoms in total. The molecule has 126 valence electrons. The molecule has 23 heavy (non-hydrogen) atoms. The van der Waals surface area contributed by atoms with E-state index in [0.29, 0.717) is 6.42 Å². The van der Waals surface area contributed by atoms with Gasteiger partial charge in [0.25, 0.3) is 0 Å². The van der Waals surface area contributed by atoms with Crippen LogP contribution in [0.15, 0.2) is 29.3 Å². The van der Waals surface area contributed by atoms with Crippen LogP contribution in [-0.2, 0) is 6.18 Å². The van der Waals surface area contributed by atoms with Gasteiger partial charge in [0.15, 0.2) is 0 Å². The van der Waals surface area contributed by atoms with Crippen LogP contribution in [0.2, 0.25) is 0 Å². The van der Waals surface area contributed by atoms with Gasteiger partial charge in [-0.25, -0.2) is 0 Å². The fraction of sp³-hybridized carbons (Fsp3) is 0.562. The molecule has 0 aliphatic carbocycles. The predicted molar refractivity (Wildman–Crippen MR) is 84.9 cm³/mol. The van der Waals surface area contributed by atoms with Crippen molar-refractivity contribution in [2.45, 2.75) is 36.6 Å². The molecule has 1 aromatic carbocycles. The lowest BCUT2D eigenvalue weighted by molar-refractivity contribution is -0.137. The topological polar surface area (TPSA) is 27.6 Å². The average molecular weight is 346 g/mol. The van der Waals surface area contributed by atoms with E-state index in [-0.39, 0.29) is 17.6 Å². The van der Waals surface area contributed by atoms with Gasteiger partial charge in [-0.3, -0.25) is 15.2 Å². The number of rotatable bonds is 3. The largest absolute Gasteiger partial charge is 0.416 e. The SMILES string of the molecule is FC(F)(F)c1cccc(C2CCN(CC3N=CCN3)C(Cl)C2)c1. The minimum atomic E-state index is -4.30. The molecule has 3 atom stereocenters. The number of likely N-dealkylation sites (tertiary alicyclic amines) is 1. The average Bonchev–Trinajstić information content (AvgIpc) is 3.02. The highest BCUT2D eigenvalue weighted by Gasteiger charge is 2.33. The third-order valence-electron chi connectivity index (χ3n) is 4.46. The van der Waals surface area contributed by atoms with Crippen molar-refractivity contribution in [1.29, 1.82) is 0 Å². The Morgan fingerprint density at radius 2 is 2.17 bits per heavy atom. The molecule has 0 saturated carbocycles. The Morgan fingerprint density at radius 3 is 2.83 bits per heavy atom. The van der Waals surface area contributed by atoms with Crippen LogP contribution < -0.4 is 5.32 Å². The van der Waals surface area contributed by atoms with Gasteiger partial charge in [0.05, 0.1) is 11.1 Å². The summed E-state index contributed by atoms with van der Waals surface area (Å²) < 4.78 is 38.5. The minimum Gasteiger partial charge on any atom is -0.290 e. The molecule has 0 spiro atoms. The first-order valence-corrected chi connectivity index (χ1v) is 8.17. The lowest BCUT2D eigenvalue weighted by Gasteiger charge is -2.37. The molecule has 1 saturated heterocycles. The van der Waals surface area contributed by atoms with Crippen molar-refractivity contribution in [3.05, 3.63) is 35.4 Å². The number of hydrogen-bond donors (Lipinski definition) is 1. The molecular formula is C16H19ClF3N3. The summed E-state index contributed by atoms with van der Waals surface area (Å²) in [4.78, 5) is 6.46. The Labute approximate surface area is 138 Å². The van der Waals surface area contributed by atoms with Crippen molar-refractivity contribution >= 4 is 17.8 Å². The summed E-state index contributed by atoms with van der Waals surface area (Å²) in [5.74, 6) is 0.0658. The number of hydrogen-bond acceptors (Lipinski definition) is 3. The first-order valence-electron chi connectivity index (χ1n) is 7.74. The summed E-state index contributed by atoms with van der Waals surface area (Å²) in [6.07, 6.45) is -0.923. The Bertz CT molecular complexity index is 576. The maximum absolute atomic E-state index is 12.8. The predicted octanol–water partition coefficient (Wildman–Crippen LogP) is 3.45. The third kappa shape index (κ3) is 4.05. The van der Waals surface area contributed by atoms with E-state index in [1.54, 1.807) is 6.07 Å². The van der Waals surface area contributed by atoms with Crippen LogP contribution in [0.25, 0.3) is 0 Å². The standard InChI is InChI=1S/C16H19ClF3N3/c17-14-9-12(4-7-23(14)10-15-21-5-6-22-15)11-2-1-3-13(8-11)16(18,19)20/h1-3,5,8,12,14-15,22H,4,6-7,9-10H2. The van der Waals surface area contributed by atoms with Gasteiger partial charge in [-0.2, -0.15) is 13.2 Å². The maximum Gasteiger partial charge on any atom is 0.416 e. The second-order valence-electron chi connectivity index (χ2n) is 6.03. The quantitative estimate of drug-likeness (QED) is 0.671. The Kier molecular flexibility index (Phi) is 4.94. The van der Waals surface area contributed by atoms with Crippen LogP contribution in [0.1, 0.15) is 29.9 Å². The zero-order chi connectivity index (χ0) is 16.4. The summed E-state index contributed by atoms with van der Waals surface area (Å²) in [5, 5.41) is 3.24. The fourth-order valence-corrected chi connectivity index (χ4v) is 3.59. The number of benzene rings is 1. The molecule has 3 rings (SSSR count). The summed E-state index contributed by atoms with van der Waals surface area (Å²) in [5.41, 5.74) is -0.0453. The Morgan fingerprint density at radius 1 is 1.35 bits per heavy atom. The second kappa shape index (κ2) is 6.79. The molecule has 1 aromatic rings.